The Morgan fingerprint density at radius 3 is 2.55 bits per heavy atom. The molecule has 0 aliphatic carbocycles. The van der Waals surface area contributed by atoms with E-state index in [0.717, 1.165) is 36.9 Å². The SMILES string of the molecule is CCCC(C)N(Cc1ccccc1OCCCN1CCCCC1)Sc1ccc(Cl)cc1. The predicted molar refractivity (Wildman–Crippen MR) is 134 cm³/mol. The van der Waals surface area contributed by atoms with Crippen LogP contribution in [0.15, 0.2) is 53.4 Å². The number of ether oxygens (including phenoxy) is 1. The zero-order valence-corrected chi connectivity index (χ0v) is 20.6. The highest BCUT2D eigenvalue weighted by molar-refractivity contribution is 7.97. The van der Waals surface area contributed by atoms with E-state index >= 15 is 0 Å². The molecule has 0 amide bonds. The minimum Gasteiger partial charge on any atom is -0.493 e. The van der Waals surface area contributed by atoms with Crippen LogP contribution in [0.2, 0.25) is 5.02 Å². The van der Waals surface area contributed by atoms with Crippen LogP contribution in [0, 0.1) is 0 Å². The molecule has 0 aromatic heterocycles. The summed E-state index contributed by atoms with van der Waals surface area (Å²) in [5.41, 5.74) is 1.25. The Morgan fingerprint density at radius 1 is 1.06 bits per heavy atom. The zero-order valence-electron chi connectivity index (χ0n) is 19.1. The van der Waals surface area contributed by atoms with Crippen molar-refractivity contribution in [3.05, 3.63) is 59.1 Å². The molecule has 1 aliphatic rings. The Hall–Kier alpha value is -1.20. The molecule has 1 saturated heterocycles. The normalized spacial score (nSPS) is 15.9. The number of likely N-dealkylation sites (tertiary alicyclic amines) is 1. The Morgan fingerprint density at radius 2 is 1.81 bits per heavy atom. The summed E-state index contributed by atoms with van der Waals surface area (Å²) in [6, 6.07) is 17.1. The smallest absolute Gasteiger partial charge is 0.123 e. The molecule has 0 N–H and O–H groups in total. The van der Waals surface area contributed by atoms with Gasteiger partial charge in [0.15, 0.2) is 0 Å². The largest absolute Gasteiger partial charge is 0.493 e. The second-order valence-corrected chi connectivity index (χ2v) is 10.0. The molecule has 1 aliphatic heterocycles. The van der Waals surface area contributed by atoms with E-state index in [9.17, 15) is 0 Å². The number of para-hydroxylation sites is 1. The quantitative estimate of drug-likeness (QED) is 0.244. The van der Waals surface area contributed by atoms with Gasteiger partial charge >= 0.3 is 0 Å². The van der Waals surface area contributed by atoms with Crippen molar-refractivity contribution in [1.82, 2.24) is 9.21 Å². The summed E-state index contributed by atoms with van der Waals surface area (Å²) in [6.45, 7) is 9.86. The van der Waals surface area contributed by atoms with Crippen molar-refractivity contribution in [2.75, 3.05) is 26.2 Å². The van der Waals surface area contributed by atoms with Gasteiger partial charge < -0.3 is 9.64 Å². The predicted octanol–water partition coefficient (Wildman–Crippen LogP) is 7.29. The Labute approximate surface area is 198 Å². The van der Waals surface area contributed by atoms with Crippen LogP contribution in [0.25, 0.3) is 0 Å². The number of nitrogens with zero attached hydrogens (tertiary/aromatic N) is 2. The van der Waals surface area contributed by atoms with Crippen molar-refractivity contribution >= 4 is 23.5 Å². The molecule has 2 aromatic carbocycles. The fraction of sp³-hybridized carbons (Fsp3) is 0.538. The summed E-state index contributed by atoms with van der Waals surface area (Å²) in [5.74, 6) is 1.02. The third-order valence-corrected chi connectivity index (χ3v) is 7.32. The van der Waals surface area contributed by atoms with Gasteiger partial charge in [0.25, 0.3) is 0 Å². The Balaban J connectivity index is 1.59. The maximum atomic E-state index is 6.25. The van der Waals surface area contributed by atoms with E-state index in [2.05, 4.69) is 59.5 Å². The van der Waals surface area contributed by atoms with Crippen molar-refractivity contribution in [2.24, 2.45) is 0 Å². The minimum atomic E-state index is 0.470. The lowest BCUT2D eigenvalue weighted by atomic mass is 10.1. The van der Waals surface area contributed by atoms with Crippen LogP contribution in [0.4, 0.5) is 0 Å². The Bertz CT molecular complexity index is 764. The highest BCUT2D eigenvalue weighted by Crippen LogP contribution is 2.31. The highest BCUT2D eigenvalue weighted by atomic mass is 35.5. The molecule has 0 radical (unpaired) electrons. The zero-order chi connectivity index (χ0) is 21.9. The summed E-state index contributed by atoms with van der Waals surface area (Å²) < 4.78 is 8.73. The molecule has 1 fully saturated rings. The molecule has 2 aromatic rings. The molecule has 1 atom stereocenters. The summed E-state index contributed by atoms with van der Waals surface area (Å²) in [7, 11) is 0. The molecule has 3 nitrogen and oxygen atoms in total. The first-order valence-electron chi connectivity index (χ1n) is 11.8. The minimum absolute atomic E-state index is 0.470. The van der Waals surface area contributed by atoms with Gasteiger partial charge in [-0.15, -0.1) is 0 Å². The van der Waals surface area contributed by atoms with Crippen molar-refractivity contribution < 1.29 is 4.74 Å². The summed E-state index contributed by atoms with van der Waals surface area (Å²) in [4.78, 5) is 3.79. The van der Waals surface area contributed by atoms with Crippen LogP contribution >= 0.6 is 23.5 Å². The van der Waals surface area contributed by atoms with E-state index in [1.165, 1.54) is 55.7 Å². The first-order chi connectivity index (χ1) is 15.2. The van der Waals surface area contributed by atoms with Gasteiger partial charge in [0.2, 0.25) is 0 Å². The maximum absolute atomic E-state index is 6.25. The molecule has 1 heterocycles. The topological polar surface area (TPSA) is 15.7 Å². The van der Waals surface area contributed by atoms with Gasteiger partial charge in [-0.1, -0.05) is 49.6 Å². The summed E-state index contributed by atoms with van der Waals surface area (Å²) >= 11 is 7.89. The molecular weight excluding hydrogens is 424 g/mol. The number of hydrogen-bond acceptors (Lipinski definition) is 4. The maximum Gasteiger partial charge on any atom is 0.123 e. The monoisotopic (exact) mass is 460 g/mol. The second-order valence-electron chi connectivity index (χ2n) is 8.47. The van der Waals surface area contributed by atoms with Gasteiger partial charge in [0, 0.05) is 34.6 Å². The average Bonchev–Trinajstić information content (AvgIpc) is 2.79. The molecule has 31 heavy (non-hydrogen) atoms. The van der Waals surface area contributed by atoms with Gasteiger partial charge in [-0.2, -0.15) is 0 Å². The van der Waals surface area contributed by atoms with Crippen LogP contribution in [-0.4, -0.2) is 41.5 Å². The standard InChI is InChI=1S/C26H37ClN2OS/c1-3-10-22(2)29(31-25-15-13-24(27)14-16-25)21-23-11-5-6-12-26(23)30-20-9-19-28-17-7-4-8-18-28/h5-6,11-16,22H,3-4,7-10,17-21H2,1-2H3. The van der Waals surface area contributed by atoms with Crippen LogP contribution in [-0.2, 0) is 6.54 Å². The number of rotatable bonds is 12. The number of piperidine rings is 1. The van der Waals surface area contributed by atoms with Gasteiger partial charge in [-0.3, -0.25) is 0 Å². The first-order valence-corrected chi connectivity index (χ1v) is 12.9. The molecular formula is C26H37ClN2OS. The third-order valence-electron chi connectivity index (χ3n) is 5.86. The van der Waals surface area contributed by atoms with E-state index in [1.54, 1.807) is 0 Å². The summed E-state index contributed by atoms with van der Waals surface area (Å²) in [5, 5.41) is 0.779. The van der Waals surface area contributed by atoms with E-state index in [4.69, 9.17) is 16.3 Å². The van der Waals surface area contributed by atoms with Crippen molar-refractivity contribution in [3.8, 4) is 5.75 Å². The van der Waals surface area contributed by atoms with Gasteiger partial charge in [-0.05, 0) is 88.0 Å². The molecule has 0 bridgehead atoms. The van der Waals surface area contributed by atoms with Crippen molar-refractivity contribution in [2.45, 2.75) is 69.9 Å². The Kier molecular flexibility index (Phi) is 10.5. The fourth-order valence-corrected chi connectivity index (χ4v) is 5.21. The second kappa shape index (κ2) is 13.4. The third kappa shape index (κ3) is 8.34. The van der Waals surface area contributed by atoms with Crippen molar-refractivity contribution in [3.63, 3.8) is 0 Å². The molecule has 5 heteroatoms. The molecule has 0 spiro atoms. The first kappa shape index (κ1) is 24.4. The highest BCUT2D eigenvalue weighted by Gasteiger charge is 2.18. The van der Waals surface area contributed by atoms with Gasteiger partial charge in [0.1, 0.15) is 5.75 Å². The van der Waals surface area contributed by atoms with Gasteiger partial charge in [0.05, 0.1) is 6.61 Å². The lowest BCUT2D eigenvalue weighted by Crippen LogP contribution is -2.31. The van der Waals surface area contributed by atoms with E-state index in [0.29, 0.717) is 6.04 Å². The van der Waals surface area contributed by atoms with Crippen molar-refractivity contribution in [1.29, 1.82) is 0 Å². The van der Waals surface area contributed by atoms with E-state index in [1.807, 2.05) is 24.1 Å². The van der Waals surface area contributed by atoms with Crippen LogP contribution in [0.1, 0.15) is 57.9 Å². The molecule has 1 unspecified atom stereocenters. The van der Waals surface area contributed by atoms with E-state index < -0.39 is 0 Å². The van der Waals surface area contributed by atoms with Crippen LogP contribution < -0.4 is 4.74 Å². The average molecular weight is 461 g/mol. The number of benzene rings is 2. The molecule has 0 saturated carbocycles. The fourth-order valence-electron chi connectivity index (χ4n) is 4.07. The molecule has 3 rings (SSSR count). The van der Waals surface area contributed by atoms with Crippen LogP contribution in [0.5, 0.6) is 5.75 Å². The lowest BCUT2D eigenvalue weighted by Gasteiger charge is -2.29. The molecule has 170 valence electrons. The number of hydrogen-bond donors (Lipinski definition) is 0. The summed E-state index contributed by atoms with van der Waals surface area (Å²) in [6.07, 6.45) is 7.51. The van der Waals surface area contributed by atoms with Crippen LogP contribution in [0.3, 0.4) is 0 Å². The van der Waals surface area contributed by atoms with E-state index in [-0.39, 0.29) is 0 Å². The lowest BCUT2D eigenvalue weighted by molar-refractivity contribution is 0.204. The van der Waals surface area contributed by atoms with Gasteiger partial charge in [-0.25, -0.2) is 4.31 Å². The number of halogens is 1.